The molecule has 0 atom stereocenters. The SMILES string of the molecule is COc1ccc(C(=O)C=Cc2ccc(OC(=O)Cc3ccccc3)cc2)cc1. The first-order valence-electron chi connectivity index (χ1n) is 8.85. The number of hydrogen-bond donors (Lipinski definition) is 0. The molecule has 0 spiro atoms. The molecule has 0 bridgehead atoms. The van der Waals surface area contributed by atoms with Crippen LogP contribution in [0.4, 0.5) is 0 Å². The molecule has 0 aromatic heterocycles. The number of hydrogen-bond acceptors (Lipinski definition) is 4. The molecule has 0 amide bonds. The van der Waals surface area contributed by atoms with E-state index in [1.54, 1.807) is 61.7 Å². The third-order valence-electron chi connectivity index (χ3n) is 4.10. The lowest BCUT2D eigenvalue weighted by atomic mass is 10.1. The lowest BCUT2D eigenvalue weighted by Crippen LogP contribution is -2.11. The van der Waals surface area contributed by atoms with Crippen LogP contribution in [0.1, 0.15) is 21.5 Å². The average molecular weight is 372 g/mol. The number of carbonyl (C=O) groups excluding carboxylic acids is 2. The van der Waals surface area contributed by atoms with E-state index < -0.39 is 0 Å². The normalized spacial score (nSPS) is 10.6. The second kappa shape index (κ2) is 9.33. The minimum absolute atomic E-state index is 0.0963. The fourth-order valence-electron chi connectivity index (χ4n) is 2.60. The number of esters is 1. The molecule has 0 saturated heterocycles. The molecule has 0 unspecified atom stereocenters. The van der Waals surface area contributed by atoms with Gasteiger partial charge in [-0.1, -0.05) is 48.5 Å². The molecule has 3 aromatic rings. The van der Waals surface area contributed by atoms with Crippen LogP contribution in [0.15, 0.2) is 84.9 Å². The lowest BCUT2D eigenvalue weighted by Gasteiger charge is -2.05. The van der Waals surface area contributed by atoms with Gasteiger partial charge >= 0.3 is 5.97 Å². The highest BCUT2D eigenvalue weighted by atomic mass is 16.5. The Kier molecular flexibility index (Phi) is 6.37. The van der Waals surface area contributed by atoms with Gasteiger partial charge in [0.05, 0.1) is 13.5 Å². The first-order chi connectivity index (χ1) is 13.6. The molecule has 4 nitrogen and oxygen atoms in total. The molecule has 3 rings (SSSR count). The molecule has 0 heterocycles. The van der Waals surface area contributed by atoms with Gasteiger partial charge in [0.15, 0.2) is 5.78 Å². The van der Waals surface area contributed by atoms with Crippen molar-refractivity contribution in [3.8, 4) is 11.5 Å². The van der Waals surface area contributed by atoms with Crippen molar-refractivity contribution in [3.05, 3.63) is 102 Å². The first-order valence-corrected chi connectivity index (χ1v) is 8.85. The van der Waals surface area contributed by atoms with Gasteiger partial charge in [-0.25, -0.2) is 0 Å². The number of carbonyl (C=O) groups is 2. The van der Waals surface area contributed by atoms with E-state index in [9.17, 15) is 9.59 Å². The van der Waals surface area contributed by atoms with E-state index in [-0.39, 0.29) is 18.2 Å². The molecular formula is C24H20O4. The van der Waals surface area contributed by atoms with Crippen molar-refractivity contribution in [2.24, 2.45) is 0 Å². The number of methoxy groups -OCH3 is 1. The summed E-state index contributed by atoms with van der Waals surface area (Å²) in [7, 11) is 1.58. The highest BCUT2D eigenvalue weighted by Crippen LogP contribution is 2.16. The van der Waals surface area contributed by atoms with Crippen molar-refractivity contribution in [3.63, 3.8) is 0 Å². The molecule has 28 heavy (non-hydrogen) atoms. The van der Waals surface area contributed by atoms with E-state index in [1.165, 1.54) is 6.08 Å². The van der Waals surface area contributed by atoms with E-state index >= 15 is 0 Å². The van der Waals surface area contributed by atoms with Crippen molar-refractivity contribution in [2.75, 3.05) is 7.11 Å². The van der Waals surface area contributed by atoms with Gasteiger partial charge in [0.25, 0.3) is 0 Å². The second-order valence-corrected chi connectivity index (χ2v) is 6.13. The number of allylic oxidation sites excluding steroid dienone is 1. The first kappa shape index (κ1) is 19.1. The highest BCUT2D eigenvalue weighted by molar-refractivity contribution is 6.06. The van der Waals surface area contributed by atoms with Gasteiger partial charge in [-0.05, 0) is 53.6 Å². The van der Waals surface area contributed by atoms with Crippen LogP contribution in [0.3, 0.4) is 0 Å². The zero-order valence-electron chi connectivity index (χ0n) is 15.5. The smallest absolute Gasteiger partial charge is 0.315 e. The molecule has 0 fully saturated rings. The molecule has 0 aliphatic heterocycles. The van der Waals surface area contributed by atoms with E-state index in [0.717, 1.165) is 11.1 Å². The van der Waals surface area contributed by atoms with Gasteiger partial charge in [-0.15, -0.1) is 0 Å². The number of benzene rings is 3. The van der Waals surface area contributed by atoms with Crippen LogP contribution >= 0.6 is 0 Å². The Hall–Kier alpha value is -3.66. The number of rotatable bonds is 7. The zero-order valence-corrected chi connectivity index (χ0v) is 15.5. The fraction of sp³-hybridized carbons (Fsp3) is 0.0833. The summed E-state index contributed by atoms with van der Waals surface area (Å²) in [4.78, 5) is 24.2. The predicted octanol–water partition coefficient (Wildman–Crippen LogP) is 4.74. The minimum Gasteiger partial charge on any atom is -0.497 e. The van der Waals surface area contributed by atoms with Crippen LogP contribution in [0.5, 0.6) is 11.5 Å². The Morgan fingerprint density at radius 3 is 2.11 bits per heavy atom. The van der Waals surface area contributed by atoms with E-state index in [2.05, 4.69) is 0 Å². The zero-order chi connectivity index (χ0) is 19.8. The fourth-order valence-corrected chi connectivity index (χ4v) is 2.60. The molecule has 0 saturated carbocycles. The maximum Gasteiger partial charge on any atom is 0.315 e. The van der Waals surface area contributed by atoms with E-state index in [0.29, 0.717) is 17.1 Å². The van der Waals surface area contributed by atoms with Crippen molar-refractivity contribution in [1.29, 1.82) is 0 Å². The predicted molar refractivity (Wildman–Crippen MR) is 109 cm³/mol. The Morgan fingerprint density at radius 2 is 1.46 bits per heavy atom. The highest BCUT2D eigenvalue weighted by Gasteiger charge is 2.06. The molecule has 140 valence electrons. The van der Waals surface area contributed by atoms with Crippen LogP contribution in [-0.2, 0) is 11.2 Å². The van der Waals surface area contributed by atoms with Crippen LogP contribution in [0.25, 0.3) is 6.08 Å². The molecule has 0 N–H and O–H groups in total. The molecular weight excluding hydrogens is 352 g/mol. The van der Waals surface area contributed by atoms with Crippen molar-refractivity contribution >= 4 is 17.8 Å². The number of ketones is 1. The monoisotopic (exact) mass is 372 g/mol. The minimum atomic E-state index is -0.316. The summed E-state index contributed by atoms with van der Waals surface area (Å²) in [5.74, 6) is 0.766. The van der Waals surface area contributed by atoms with E-state index in [1.807, 2.05) is 30.3 Å². The molecule has 0 aliphatic carbocycles. The number of ether oxygens (including phenoxy) is 2. The van der Waals surface area contributed by atoms with Gasteiger partial charge < -0.3 is 9.47 Å². The van der Waals surface area contributed by atoms with Crippen LogP contribution in [0, 0.1) is 0 Å². The third-order valence-corrected chi connectivity index (χ3v) is 4.10. The van der Waals surface area contributed by atoms with E-state index in [4.69, 9.17) is 9.47 Å². The summed E-state index contributed by atoms with van der Waals surface area (Å²) >= 11 is 0. The maximum atomic E-state index is 12.2. The van der Waals surface area contributed by atoms with Crippen LogP contribution < -0.4 is 9.47 Å². The van der Waals surface area contributed by atoms with Gasteiger partial charge in [0.1, 0.15) is 11.5 Å². The summed E-state index contributed by atoms with van der Waals surface area (Å²) < 4.78 is 10.4. The standard InChI is InChI=1S/C24H20O4/c1-27-21-14-10-20(11-15-21)23(25)16-9-18-7-12-22(13-8-18)28-24(26)17-19-5-3-2-4-6-19/h2-16H,17H2,1H3. The van der Waals surface area contributed by atoms with Crippen LogP contribution in [-0.4, -0.2) is 18.9 Å². The van der Waals surface area contributed by atoms with Crippen molar-refractivity contribution in [1.82, 2.24) is 0 Å². The van der Waals surface area contributed by atoms with Gasteiger partial charge in [0.2, 0.25) is 0 Å². The summed E-state index contributed by atoms with van der Waals surface area (Å²) in [6.45, 7) is 0. The van der Waals surface area contributed by atoms with Crippen LogP contribution in [0.2, 0.25) is 0 Å². The Balaban J connectivity index is 1.56. The van der Waals surface area contributed by atoms with Crippen molar-refractivity contribution in [2.45, 2.75) is 6.42 Å². The Morgan fingerprint density at radius 1 is 0.821 bits per heavy atom. The van der Waals surface area contributed by atoms with Gasteiger partial charge in [-0.3, -0.25) is 9.59 Å². The molecule has 4 heteroatoms. The summed E-state index contributed by atoms with van der Waals surface area (Å²) in [6.07, 6.45) is 3.46. The van der Waals surface area contributed by atoms with Gasteiger partial charge in [0, 0.05) is 5.56 Å². The topological polar surface area (TPSA) is 52.6 Å². The summed E-state index contributed by atoms with van der Waals surface area (Å²) in [5.41, 5.74) is 2.33. The summed E-state index contributed by atoms with van der Waals surface area (Å²) in [5, 5.41) is 0. The lowest BCUT2D eigenvalue weighted by molar-refractivity contribution is -0.133. The maximum absolute atomic E-state index is 12.2. The Bertz CT molecular complexity index is 956. The molecule has 0 aliphatic rings. The van der Waals surface area contributed by atoms with Crippen molar-refractivity contribution < 1.29 is 19.1 Å². The molecule has 0 radical (unpaired) electrons. The second-order valence-electron chi connectivity index (χ2n) is 6.13. The molecule has 3 aromatic carbocycles. The average Bonchev–Trinajstić information content (AvgIpc) is 2.73. The Labute approximate surface area is 164 Å². The summed E-state index contributed by atoms with van der Waals surface area (Å²) in [6, 6.07) is 23.4. The quantitative estimate of drug-likeness (QED) is 0.260. The van der Waals surface area contributed by atoms with Gasteiger partial charge in [-0.2, -0.15) is 0 Å². The third kappa shape index (κ3) is 5.42. The largest absolute Gasteiger partial charge is 0.497 e.